The number of anilines is 1. The number of fused-ring (bicyclic) bond motifs is 1. The summed E-state index contributed by atoms with van der Waals surface area (Å²) in [6.07, 6.45) is 1.93. The van der Waals surface area contributed by atoms with Gasteiger partial charge in [0.15, 0.2) is 11.5 Å². The topological polar surface area (TPSA) is 75.4 Å². The smallest absolute Gasteiger partial charge is 0.224 e. The minimum Gasteiger partial charge on any atom is -0.359 e. The van der Waals surface area contributed by atoms with E-state index >= 15 is 0 Å². The van der Waals surface area contributed by atoms with Crippen LogP contribution in [0, 0.1) is 12.8 Å². The van der Waals surface area contributed by atoms with Gasteiger partial charge in [-0.2, -0.15) is 4.52 Å². The normalized spacial score (nSPS) is 19.3. The lowest BCUT2D eigenvalue weighted by Crippen LogP contribution is -2.42. The largest absolute Gasteiger partial charge is 0.359 e. The third-order valence-corrected chi connectivity index (χ3v) is 3.77. The number of nitrogens with zero attached hydrogens (tertiary/aromatic N) is 5. The first kappa shape index (κ1) is 12.8. The number of carbonyl (C=O) groups excluding carboxylic acids is 1. The van der Waals surface area contributed by atoms with Crippen molar-refractivity contribution in [3.8, 4) is 0 Å². The Hall–Kier alpha value is -2.18. The zero-order chi connectivity index (χ0) is 14.1. The number of carbonyl (C=O) groups is 1. The van der Waals surface area contributed by atoms with Crippen molar-refractivity contribution < 1.29 is 4.79 Å². The Kier molecular flexibility index (Phi) is 3.25. The molecule has 3 rings (SSSR count). The Balaban J connectivity index is 1.86. The van der Waals surface area contributed by atoms with Crippen molar-refractivity contribution in [3.63, 3.8) is 0 Å². The number of hydrogen-bond donors (Lipinski definition) is 1. The van der Waals surface area contributed by atoms with Crippen molar-refractivity contribution in [2.45, 2.75) is 19.8 Å². The molecule has 0 spiro atoms. The molecule has 3 heterocycles. The predicted octanol–water partition coefficient (Wildman–Crippen LogP) is 0.395. The van der Waals surface area contributed by atoms with Crippen LogP contribution < -0.4 is 10.2 Å². The van der Waals surface area contributed by atoms with Gasteiger partial charge in [-0.25, -0.2) is 0 Å². The third-order valence-electron chi connectivity index (χ3n) is 3.77. The van der Waals surface area contributed by atoms with Crippen LogP contribution in [0.4, 0.5) is 5.82 Å². The highest BCUT2D eigenvalue weighted by Gasteiger charge is 2.26. The Bertz CT molecular complexity index is 637. The van der Waals surface area contributed by atoms with Gasteiger partial charge in [0, 0.05) is 20.1 Å². The fraction of sp³-hybridized carbons (Fsp3) is 0.538. The van der Waals surface area contributed by atoms with E-state index in [0.29, 0.717) is 6.54 Å². The van der Waals surface area contributed by atoms with Crippen molar-refractivity contribution in [1.29, 1.82) is 0 Å². The van der Waals surface area contributed by atoms with Crippen molar-refractivity contribution in [2.75, 3.05) is 25.0 Å². The monoisotopic (exact) mass is 274 g/mol. The van der Waals surface area contributed by atoms with E-state index in [-0.39, 0.29) is 11.8 Å². The Morgan fingerprint density at radius 3 is 3.05 bits per heavy atom. The molecule has 1 fully saturated rings. The Morgan fingerprint density at radius 1 is 1.40 bits per heavy atom. The SMILES string of the molecule is CNC(=O)C1CCCN(c2ccc3nnc(C)n3n2)C1. The van der Waals surface area contributed by atoms with Gasteiger partial charge in [-0.1, -0.05) is 0 Å². The maximum absolute atomic E-state index is 11.8. The van der Waals surface area contributed by atoms with Crippen LogP contribution in [0.25, 0.3) is 5.65 Å². The van der Waals surface area contributed by atoms with Gasteiger partial charge in [0.05, 0.1) is 5.92 Å². The standard InChI is InChI=1S/C13H18N6O/c1-9-15-16-11-5-6-12(17-19(9)11)18-7-3-4-10(8-18)13(20)14-2/h5-6,10H,3-4,7-8H2,1-2H3,(H,14,20). The summed E-state index contributed by atoms with van der Waals surface area (Å²) in [7, 11) is 1.69. The highest BCUT2D eigenvalue weighted by Crippen LogP contribution is 2.22. The molecule has 2 aromatic heterocycles. The molecular formula is C13H18N6O. The van der Waals surface area contributed by atoms with Crippen LogP contribution in [0.3, 0.4) is 0 Å². The molecule has 0 saturated carbocycles. The minimum absolute atomic E-state index is 0.0354. The molecule has 1 atom stereocenters. The highest BCUT2D eigenvalue weighted by atomic mass is 16.1. The van der Waals surface area contributed by atoms with Gasteiger partial charge < -0.3 is 10.2 Å². The lowest BCUT2D eigenvalue weighted by Gasteiger charge is -2.32. The van der Waals surface area contributed by atoms with Crippen LogP contribution in [-0.2, 0) is 4.79 Å². The fourth-order valence-electron chi connectivity index (χ4n) is 2.66. The van der Waals surface area contributed by atoms with Crippen LogP contribution in [0.15, 0.2) is 12.1 Å². The average Bonchev–Trinajstić information content (AvgIpc) is 2.87. The van der Waals surface area contributed by atoms with Crippen LogP contribution in [0.1, 0.15) is 18.7 Å². The number of nitrogens with one attached hydrogen (secondary N) is 1. The number of hydrogen-bond acceptors (Lipinski definition) is 5. The number of amides is 1. The van der Waals surface area contributed by atoms with Gasteiger partial charge in [0.25, 0.3) is 0 Å². The zero-order valence-corrected chi connectivity index (χ0v) is 11.7. The molecule has 1 aliphatic rings. The maximum Gasteiger partial charge on any atom is 0.224 e. The molecule has 1 N–H and O–H groups in total. The maximum atomic E-state index is 11.8. The highest BCUT2D eigenvalue weighted by molar-refractivity contribution is 5.79. The molecule has 0 radical (unpaired) electrons. The van der Waals surface area contributed by atoms with Crippen molar-refractivity contribution in [1.82, 2.24) is 25.1 Å². The molecule has 2 aromatic rings. The van der Waals surface area contributed by atoms with Crippen LogP contribution >= 0.6 is 0 Å². The second kappa shape index (κ2) is 5.07. The van der Waals surface area contributed by atoms with Gasteiger partial charge in [0.2, 0.25) is 5.91 Å². The lowest BCUT2D eigenvalue weighted by atomic mass is 9.97. The van der Waals surface area contributed by atoms with Crippen LogP contribution in [-0.4, -0.2) is 45.9 Å². The molecule has 0 aromatic carbocycles. The summed E-state index contributed by atoms with van der Waals surface area (Å²) in [5.74, 6) is 1.78. The molecule has 7 heteroatoms. The second-order valence-electron chi connectivity index (χ2n) is 5.11. The van der Waals surface area contributed by atoms with Crippen molar-refractivity contribution in [3.05, 3.63) is 18.0 Å². The number of aryl methyl sites for hydroxylation is 1. The first-order chi connectivity index (χ1) is 9.69. The van der Waals surface area contributed by atoms with E-state index in [1.165, 1.54) is 0 Å². The summed E-state index contributed by atoms with van der Waals surface area (Å²) < 4.78 is 1.73. The molecule has 1 aliphatic heterocycles. The quantitative estimate of drug-likeness (QED) is 0.857. The van der Waals surface area contributed by atoms with E-state index in [4.69, 9.17) is 0 Å². The molecule has 1 unspecified atom stereocenters. The van der Waals surface area contributed by atoms with E-state index in [9.17, 15) is 4.79 Å². The summed E-state index contributed by atoms with van der Waals surface area (Å²) in [5, 5.41) is 15.3. The van der Waals surface area contributed by atoms with Crippen molar-refractivity contribution in [2.24, 2.45) is 5.92 Å². The van der Waals surface area contributed by atoms with Gasteiger partial charge in [-0.3, -0.25) is 4.79 Å². The molecule has 20 heavy (non-hydrogen) atoms. The van der Waals surface area contributed by atoms with Gasteiger partial charge >= 0.3 is 0 Å². The first-order valence-electron chi connectivity index (χ1n) is 6.84. The number of rotatable bonds is 2. The summed E-state index contributed by atoms with van der Waals surface area (Å²) >= 11 is 0. The number of aromatic nitrogens is 4. The molecule has 0 bridgehead atoms. The molecule has 1 amide bonds. The lowest BCUT2D eigenvalue weighted by molar-refractivity contribution is -0.124. The van der Waals surface area contributed by atoms with E-state index in [1.807, 2.05) is 19.1 Å². The predicted molar refractivity (Wildman–Crippen MR) is 74.5 cm³/mol. The summed E-state index contributed by atoms with van der Waals surface area (Å²) in [6, 6.07) is 3.85. The van der Waals surface area contributed by atoms with E-state index in [1.54, 1.807) is 11.6 Å². The molecule has 106 valence electrons. The third kappa shape index (κ3) is 2.19. The fourth-order valence-corrected chi connectivity index (χ4v) is 2.66. The number of piperidine rings is 1. The summed E-state index contributed by atoms with van der Waals surface area (Å²) in [4.78, 5) is 13.9. The van der Waals surface area contributed by atoms with E-state index in [2.05, 4.69) is 25.5 Å². The molecule has 0 aliphatic carbocycles. The average molecular weight is 274 g/mol. The van der Waals surface area contributed by atoms with Gasteiger partial charge in [-0.05, 0) is 31.9 Å². The second-order valence-corrected chi connectivity index (χ2v) is 5.11. The molecule has 7 nitrogen and oxygen atoms in total. The first-order valence-corrected chi connectivity index (χ1v) is 6.84. The minimum atomic E-state index is 0.0354. The Labute approximate surface area is 117 Å². The van der Waals surface area contributed by atoms with Gasteiger partial charge in [0.1, 0.15) is 5.82 Å². The van der Waals surface area contributed by atoms with E-state index < -0.39 is 0 Å². The van der Waals surface area contributed by atoms with Crippen LogP contribution in [0.2, 0.25) is 0 Å². The Morgan fingerprint density at radius 2 is 2.25 bits per heavy atom. The molecule has 1 saturated heterocycles. The summed E-state index contributed by atoms with van der Waals surface area (Å²) in [5.41, 5.74) is 0.742. The summed E-state index contributed by atoms with van der Waals surface area (Å²) in [6.45, 7) is 3.51. The zero-order valence-electron chi connectivity index (χ0n) is 11.7. The van der Waals surface area contributed by atoms with Crippen LogP contribution in [0.5, 0.6) is 0 Å². The van der Waals surface area contributed by atoms with Crippen molar-refractivity contribution >= 4 is 17.4 Å². The van der Waals surface area contributed by atoms with E-state index in [0.717, 1.165) is 36.7 Å². The molecular weight excluding hydrogens is 256 g/mol. The van der Waals surface area contributed by atoms with Gasteiger partial charge in [-0.15, -0.1) is 15.3 Å².